The molecule has 1 aliphatic heterocycles. The summed E-state index contributed by atoms with van der Waals surface area (Å²) in [5.74, 6) is 0.501. The van der Waals surface area contributed by atoms with Crippen molar-refractivity contribution in [3.8, 4) is 0 Å². The second kappa shape index (κ2) is 12.0. The van der Waals surface area contributed by atoms with Crippen LogP contribution >= 0.6 is 39.9 Å². The molecular formula is C16H25BrFIN4O. The Bertz CT molecular complexity index is 527. The van der Waals surface area contributed by atoms with E-state index >= 15 is 0 Å². The van der Waals surface area contributed by atoms with Gasteiger partial charge in [0.05, 0.1) is 19.8 Å². The van der Waals surface area contributed by atoms with Crippen LogP contribution in [0, 0.1) is 5.82 Å². The minimum Gasteiger partial charge on any atom is -0.379 e. The molecule has 0 atom stereocenters. The third kappa shape index (κ3) is 7.62. The van der Waals surface area contributed by atoms with Crippen molar-refractivity contribution < 1.29 is 9.13 Å². The minimum atomic E-state index is -0.247. The van der Waals surface area contributed by atoms with Gasteiger partial charge in [-0.2, -0.15) is 0 Å². The van der Waals surface area contributed by atoms with Crippen molar-refractivity contribution in [3.05, 3.63) is 34.1 Å². The predicted molar refractivity (Wildman–Crippen MR) is 110 cm³/mol. The first-order chi connectivity index (χ1) is 11.2. The van der Waals surface area contributed by atoms with Crippen molar-refractivity contribution in [1.82, 2.24) is 15.5 Å². The summed E-state index contributed by atoms with van der Waals surface area (Å²) in [6.45, 7) is 8.57. The van der Waals surface area contributed by atoms with Gasteiger partial charge in [-0.15, -0.1) is 24.0 Å². The Morgan fingerprint density at radius 2 is 2.08 bits per heavy atom. The third-order valence-corrected chi connectivity index (χ3v) is 4.36. The smallest absolute Gasteiger partial charge is 0.191 e. The highest BCUT2D eigenvalue weighted by atomic mass is 127. The van der Waals surface area contributed by atoms with E-state index in [9.17, 15) is 4.39 Å². The molecule has 24 heavy (non-hydrogen) atoms. The topological polar surface area (TPSA) is 48.9 Å². The molecule has 0 aromatic heterocycles. The summed E-state index contributed by atoms with van der Waals surface area (Å²) in [5, 5.41) is 6.53. The van der Waals surface area contributed by atoms with Crippen LogP contribution in [-0.4, -0.2) is 56.8 Å². The lowest BCUT2D eigenvalue weighted by molar-refractivity contribution is 0.0389. The van der Waals surface area contributed by atoms with Crippen LogP contribution in [0.2, 0.25) is 0 Å². The second-order valence-electron chi connectivity index (χ2n) is 5.31. The largest absolute Gasteiger partial charge is 0.379 e. The van der Waals surface area contributed by atoms with Gasteiger partial charge >= 0.3 is 0 Å². The van der Waals surface area contributed by atoms with Gasteiger partial charge in [-0.3, -0.25) is 4.90 Å². The van der Waals surface area contributed by atoms with Gasteiger partial charge in [0.15, 0.2) is 5.96 Å². The fraction of sp³-hybridized carbons (Fsp3) is 0.562. The lowest BCUT2D eigenvalue weighted by atomic mass is 10.2. The van der Waals surface area contributed by atoms with Crippen LogP contribution in [0.4, 0.5) is 4.39 Å². The summed E-state index contributed by atoms with van der Waals surface area (Å²) in [5.41, 5.74) is 0.829. The number of nitrogens with one attached hydrogen (secondary N) is 2. The molecule has 2 N–H and O–H groups in total. The lowest BCUT2D eigenvalue weighted by Crippen LogP contribution is -2.44. The van der Waals surface area contributed by atoms with Crippen molar-refractivity contribution in [2.24, 2.45) is 4.99 Å². The standard InChI is InChI=1S/C16H24BrFN4O.HI/c1-2-19-16(20-5-6-22-7-9-23-10-8-22)21-12-13-11-14(18)3-4-15(13)17;/h3-4,11H,2,5-10,12H2,1H3,(H2,19,20,21);1H. The average Bonchev–Trinajstić information content (AvgIpc) is 2.56. The Morgan fingerprint density at radius 3 is 2.79 bits per heavy atom. The zero-order chi connectivity index (χ0) is 16.5. The molecule has 1 heterocycles. The van der Waals surface area contributed by atoms with Crippen LogP contribution in [0.25, 0.3) is 0 Å². The van der Waals surface area contributed by atoms with Gasteiger partial charge in [-0.25, -0.2) is 9.38 Å². The average molecular weight is 515 g/mol. The number of guanidine groups is 1. The molecule has 1 saturated heterocycles. The van der Waals surface area contributed by atoms with Crippen LogP contribution in [0.15, 0.2) is 27.7 Å². The van der Waals surface area contributed by atoms with Crippen LogP contribution in [0.1, 0.15) is 12.5 Å². The number of halogens is 3. The molecule has 1 fully saturated rings. The fourth-order valence-electron chi connectivity index (χ4n) is 2.33. The molecule has 0 saturated carbocycles. The quantitative estimate of drug-likeness (QED) is 0.348. The molecule has 8 heteroatoms. The van der Waals surface area contributed by atoms with Crippen LogP contribution in [0.3, 0.4) is 0 Å². The molecule has 0 radical (unpaired) electrons. The van der Waals surface area contributed by atoms with Crippen molar-refractivity contribution in [2.45, 2.75) is 13.5 Å². The molecule has 0 bridgehead atoms. The summed E-state index contributed by atoms with van der Waals surface area (Å²) in [6, 6.07) is 4.65. The van der Waals surface area contributed by atoms with Gasteiger partial charge < -0.3 is 15.4 Å². The first kappa shape index (κ1) is 21.6. The highest BCUT2D eigenvalue weighted by Crippen LogP contribution is 2.18. The number of hydrogen-bond acceptors (Lipinski definition) is 3. The summed E-state index contributed by atoms with van der Waals surface area (Å²) in [6.07, 6.45) is 0. The van der Waals surface area contributed by atoms with Gasteiger partial charge in [-0.05, 0) is 30.7 Å². The number of ether oxygens (including phenoxy) is 1. The van der Waals surface area contributed by atoms with Gasteiger partial charge in [0.2, 0.25) is 0 Å². The minimum absolute atomic E-state index is 0. The van der Waals surface area contributed by atoms with E-state index in [1.165, 1.54) is 12.1 Å². The Labute approximate surface area is 168 Å². The van der Waals surface area contributed by atoms with Gasteiger partial charge in [0, 0.05) is 37.2 Å². The molecule has 1 aliphatic rings. The Balaban J connectivity index is 0.00000288. The van der Waals surface area contributed by atoms with Gasteiger partial charge in [0.1, 0.15) is 5.82 Å². The first-order valence-corrected chi connectivity index (χ1v) is 8.74. The lowest BCUT2D eigenvalue weighted by Gasteiger charge is -2.26. The molecule has 0 spiro atoms. The second-order valence-corrected chi connectivity index (χ2v) is 6.17. The summed E-state index contributed by atoms with van der Waals surface area (Å²) in [4.78, 5) is 6.89. The van der Waals surface area contributed by atoms with Crippen LogP contribution < -0.4 is 10.6 Å². The summed E-state index contributed by atoms with van der Waals surface area (Å²) >= 11 is 3.43. The maximum Gasteiger partial charge on any atom is 0.191 e. The fourth-order valence-corrected chi connectivity index (χ4v) is 2.70. The molecule has 0 unspecified atom stereocenters. The normalized spacial score (nSPS) is 15.7. The molecule has 0 amide bonds. The molecule has 5 nitrogen and oxygen atoms in total. The number of morpholine rings is 1. The monoisotopic (exact) mass is 514 g/mol. The van der Waals surface area contributed by atoms with E-state index in [2.05, 4.69) is 36.5 Å². The molecular weight excluding hydrogens is 490 g/mol. The maximum absolute atomic E-state index is 13.3. The Kier molecular flexibility index (Phi) is 10.8. The first-order valence-electron chi connectivity index (χ1n) is 7.95. The van der Waals surface area contributed by atoms with Gasteiger partial charge in [-0.1, -0.05) is 15.9 Å². The maximum atomic E-state index is 13.3. The third-order valence-electron chi connectivity index (χ3n) is 3.58. The van der Waals surface area contributed by atoms with Gasteiger partial charge in [0.25, 0.3) is 0 Å². The van der Waals surface area contributed by atoms with E-state index in [1.54, 1.807) is 6.07 Å². The van der Waals surface area contributed by atoms with Crippen LogP contribution in [0.5, 0.6) is 0 Å². The van der Waals surface area contributed by atoms with E-state index in [-0.39, 0.29) is 29.8 Å². The SMILES string of the molecule is CCNC(=NCc1cc(F)ccc1Br)NCCN1CCOCC1.I. The number of hydrogen-bond donors (Lipinski definition) is 2. The number of benzene rings is 1. The number of rotatable bonds is 6. The zero-order valence-corrected chi connectivity index (χ0v) is 17.8. The Hall–Kier alpha value is -0.450. The van der Waals surface area contributed by atoms with Crippen LogP contribution in [-0.2, 0) is 11.3 Å². The van der Waals surface area contributed by atoms with E-state index in [4.69, 9.17) is 4.74 Å². The van der Waals surface area contributed by atoms with Crippen molar-refractivity contribution in [1.29, 1.82) is 0 Å². The van der Waals surface area contributed by atoms with E-state index in [1.807, 2.05) is 6.92 Å². The molecule has 2 rings (SSSR count). The van der Waals surface area contributed by atoms with E-state index in [0.717, 1.165) is 61.9 Å². The number of aliphatic imine (C=N–C) groups is 1. The zero-order valence-electron chi connectivity index (χ0n) is 13.9. The molecule has 1 aromatic rings. The summed E-state index contributed by atoms with van der Waals surface area (Å²) in [7, 11) is 0. The molecule has 0 aliphatic carbocycles. The van der Waals surface area contributed by atoms with Crippen molar-refractivity contribution in [3.63, 3.8) is 0 Å². The Morgan fingerprint density at radius 1 is 1.33 bits per heavy atom. The number of nitrogens with zero attached hydrogens (tertiary/aromatic N) is 2. The molecule has 136 valence electrons. The van der Waals surface area contributed by atoms with E-state index < -0.39 is 0 Å². The predicted octanol–water partition coefficient (Wildman–Crippen LogP) is 2.59. The van der Waals surface area contributed by atoms with E-state index in [0.29, 0.717) is 6.54 Å². The van der Waals surface area contributed by atoms with Crippen molar-refractivity contribution in [2.75, 3.05) is 45.9 Å². The molecule has 1 aromatic carbocycles. The van der Waals surface area contributed by atoms with Crippen molar-refractivity contribution >= 4 is 45.9 Å². The highest BCUT2D eigenvalue weighted by molar-refractivity contribution is 14.0. The highest BCUT2D eigenvalue weighted by Gasteiger charge is 2.09. The summed E-state index contributed by atoms with van der Waals surface area (Å²) < 4.78 is 19.5.